The number of benzene rings is 2. The van der Waals surface area contributed by atoms with Crippen molar-refractivity contribution in [3.8, 4) is 11.5 Å². The van der Waals surface area contributed by atoms with Crippen LogP contribution in [-0.2, 0) is 16.0 Å². The fourth-order valence-electron chi connectivity index (χ4n) is 4.60. The largest absolute Gasteiger partial charge is 0.497 e. The van der Waals surface area contributed by atoms with Gasteiger partial charge in [0.2, 0.25) is 5.91 Å². The van der Waals surface area contributed by atoms with Crippen molar-refractivity contribution in [2.24, 2.45) is 5.92 Å². The molecule has 0 aliphatic carbocycles. The standard InChI is InChI=1S/C28H34ClN3O4/c1-16(2)25-27(34)32(12-11-17-15-30-22-9-8-19(35-6)14-20(17)22)24(26(33)31-28(3,4)5)21-13-18(29)7-10-23(21)36-25/h7-10,13-16,24-25,30H,11-12H2,1-6H3,(H,31,33). The van der Waals surface area contributed by atoms with Crippen LogP contribution in [-0.4, -0.2) is 47.0 Å². The van der Waals surface area contributed by atoms with Gasteiger partial charge in [0.25, 0.3) is 5.91 Å². The van der Waals surface area contributed by atoms with Crippen molar-refractivity contribution >= 4 is 34.3 Å². The van der Waals surface area contributed by atoms with Crippen LogP contribution in [0.25, 0.3) is 10.9 Å². The summed E-state index contributed by atoms with van der Waals surface area (Å²) in [7, 11) is 1.64. The van der Waals surface area contributed by atoms with E-state index in [0.717, 1.165) is 22.2 Å². The van der Waals surface area contributed by atoms with E-state index in [0.29, 0.717) is 29.3 Å². The van der Waals surface area contributed by atoms with Gasteiger partial charge in [0.1, 0.15) is 17.5 Å². The number of nitrogens with one attached hydrogen (secondary N) is 2. The maximum absolute atomic E-state index is 13.9. The number of nitrogens with zero attached hydrogens (tertiary/aromatic N) is 1. The van der Waals surface area contributed by atoms with E-state index >= 15 is 0 Å². The monoisotopic (exact) mass is 511 g/mol. The molecule has 0 bridgehead atoms. The van der Waals surface area contributed by atoms with Gasteiger partial charge in [0, 0.05) is 39.8 Å². The molecule has 0 spiro atoms. The summed E-state index contributed by atoms with van der Waals surface area (Å²) in [5, 5.41) is 4.55. The Morgan fingerprint density at radius 1 is 1.22 bits per heavy atom. The zero-order valence-corrected chi connectivity index (χ0v) is 22.4. The highest BCUT2D eigenvalue weighted by Gasteiger charge is 2.42. The molecule has 3 aromatic rings. The van der Waals surface area contributed by atoms with Crippen LogP contribution in [0.15, 0.2) is 42.6 Å². The lowest BCUT2D eigenvalue weighted by molar-refractivity contribution is -0.146. The minimum Gasteiger partial charge on any atom is -0.497 e. The summed E-state index contributed by atoms with van der Waals surface area (Å²) in [5.74, 6) is 0.676. The molecule has 4 rings (SSSR count). The number of fused-ring (bicyclic) bond motifs is 2. The molecule has 36 heavy (non-hydrogen) atoms. The molecule has 0 fully saturated rings. The third-order valence-electron chi connectivity index (χ3n) is 6.31. The lowest BCUT2D eigenvalue weighted by atomic mass is 9.99. The Morgan fingerprint density at radius 3 is 2.64 bits per heavy atom. The van der Waals surface area contributed by atoms with E-state index in [9.17, 15) is 9.59 Å². The van der Waals surface area contributed by atoms with Gasteiger partial charge in [-0.15, -0.1) is 0 Å². The summed E-state index contributed by atoms with van der Waals surface area (Å²) in [6.45, 7) is 9.96. The molecule has 1 aliphatic heterocycles. The predicted octanol–water partition coefficient (Wildman–Crippen LogP) is 5.27. The number of carbonyl (C=O) groups is 2. The average molecular weight is 512 g/mol. The molecule has 2 atom stereocenters. The first-order valence-corrected chi connectivity index (χ1v) is 12.6. The third-order valence-corrected chi connectivity index (χ3v) is 6.54. The lowest BCUT2D eigenvalue weighted by Crippen LogP contribution is -2.51. The number of rotatable bonds is 6. The van der Waals surface area contributed by atoms with Crippen LogP contribution in [0.5, 0.6) is 11.5 Å². The fraction of sp³-hybridized carbons (Fsp3) is 0.429. The van der Waals surface area contributed by atoms with Crippen LogP contribution in [0, 0.1) is 5.92 Å². The minimum absolute atomic E-state index is 0.0923. The molecule has 1 aliphatic rings. The zero-order chi connectivity index (χ0) is 26.2. The number of aromatic nitrogens is 1. The fourth-order valence-corrected chi connectivity index (χ4v) is 4.78. The molecule has 2 unspecified atom stereocenters. The quantitative estimate of drug-likeness (QED) is 0.472. The Labute approximate surface area is 217 Å². The Hall–Kier alpha value is -3.19. The van der Waals surface area contributed by atoms with Gasteiger partial charge in [-0.05, 0) is 75.1 Å². The highest BCUT2D eigenvalue weighted by atomic mass is 35.5. The first-order chi connectivity index (χ1) is 17.0. The molecule has 1 aromatic heterocycles. The van der Waals surface area contributed by atoms with Gasteiger partial charge in [-0.2, -0.15) is 0 Å². The van der Waals surface area contributed by atoms with Gasteiger partial charge in [0.15, 0.2) is 6.10 Å². The van der Waals surface area contributed by atoms with Crippen molar-refractivity contribution in [3.63, 3.8) is 0 Å². The number of carbonyl (C=O) groups excluding carboxylic acids is 2. The van der Waals surface area contributed by atoms with E-state index in [4.69, 9.17) is 21.1 Å². The normalized spacial score (nSPS) is 18.1. The van der Waals surface area contributed by atoms with Crippen molar-refractivity contribution in [1.29, 1.82) is 0 Å². The predicted molar refractivity (Wildman–Crippen MR) is 142 cm³/mol. The summed E-state index contributed by atoms with van der Waals surface area (Å²) < 4.78 is 11.6. The number of methoxy groups -OCH3 is 1. The first-order valence-electron chi connectivity index (χ1n) is 12.2. The van der Waals surface area contributed by atoms with Gasteiger partial charge in [-0.25, -0.2) is 0 Å². The summed E-state index contributed by atoms with van der Waals surface area (Å²) >= 11 is 6.36. The average Bonchev–Trinajstić information content (AvgIpc) is 3.15. The van der Waals surface area contributed by atoms with E-state index in [2.05, 4.69) is 10.3 Å². The van der Waals surface area contributed by atoms with Gasteiger partial charge in [-0.1, -0.05) is 25.4 Å². The molecule has 0 saturated heterocycles. The minimum atomic E-state index is -0.881. The van der Waals surface area contributed by atoms with E-state index in [-0.39, 0.29) is 17.7 Å². The van der Waals surface area contributed by atoms with Crippen molar-refractivity contribution in [1.82, 2.24) is 15.2 Å². The maximum Gasteiger partial charge on any atom is 0.264 e. The smallest absolute Gasteiger partial charge is 0.264 e. The second kappa shape index (κ2) is 10.1. The molecular weight excluding hydrogens is 478 g/mol. The van der Waals surface area contributed by atoms with Crippen molar-refractivity contribution < 1.29 is 19.1 Å². The molecule has 8 heteroatoms. The molecule has 0 radical (unpaired) electrons. The first kappa shape index (κ1) is 25.9. The highest BCUT2D eigenvalue weighted by molar-refractivity contribution is 6.30. The van der Waals surface area contributed by atoms with Gasteiger partial charge in [-0.3, -0.25) is 9.59 Å². The van der Waals surface area contributed by atoms with Crippen LogP contribution in [0.3, 0.4) is 0 Å². The molecule has 2 heterocycles. The van der Waals surface area contributed by atoms with E-state index in [1.165, 1.54) is 0 Å². The number of halogens is 1. The Balaban J connectivity index is 1.77. The summed E-state index contributed by atoms with van der Waals surface area (Å²) in [6.07, 6.45) is 1.76. The van der Waals surface area contributed by atoms with Crippen LogP contribution in [0.4, 0.5) is 0 Å². The number of amides is 2. The Kier molecular flexibility index (Phi) is 7.23. The number of aromatic amines is 1. The molecule has 2 N–H and O–H groups in total. The van der Waals surface area contributed by atoms with Crippen molar-refractivity contribution in [2.45, 2.75) is 58.7 Å². The summed E-state index contributed by atoms with van der Waals surface area (Å²) in [4.78, 5) is 32.5. The molecule has 7 nitrogen and oxygen atoms in total. The Bertz CT molecular complexity index is 1280. The van der Waals surface area contributed by atoms with E-state index < -0.39 is 17.7 Å². The molecule has 192 valence electrons. The van der Waals surface area contributed by atoms with Gasteiger partial charge >= 0.3 is 0 Å². The van der Waals surface area contributed by atoms with Crippen LogP contribution in [0.1, 0.15) is 51.8 Å². The van der Waals surface area contributed by atoms with E-state index in [1.54, 1.807) is 30.2 Å². The maximum atomic E-state index is 13.9. The number of H-pyrrole nitrogens is 1. The van der Waals surface area contributed by atoms with Crippen LogP contribution < -0.4 is 14.8 Å². The lowest BCUT2D eigenvalue weighted by Gasteiger charge is -2.33. The van der Waals surface area contributed by atoms with E-state index in [1.807, 2.05) is 59.0 Å². The summed E-state index contributed by atoms with van der Waals surface area (Å²) in [5.41, 5.74) is 2.11. The molecule has 2 aromatic carbocycles. The number of ether oxygens (including phenoxy) is 2. The van der Waals surface area contributed by atoms with Crippen molar-refractivity contribution in [3.05, 3.63) is 58.7 Å². The topological polar surface area (TPSA) is 83.7 Å². The van der Waals surface area contributed by atoms with Gasteiger partial charge < -0.3 is 24.7 Å². The Morgan fingerprint density at radius 2 is 1.97 bits per heavy atom. The second-order valence-corrected chi connectivity index (χ2v) is 11.0. The highest BCUT2D eigenvalue weighted by Crippen LogP contribution is 2.38. The number of hydrogen-bond acceptors (Lipinski definition) is 4. The van der Waals surface area contributed by atoms with Crippen LogP contribution in [0.2, 0.25) is 5.02 Å². The zero-order valence-electron chi connectivity index (χ0n) is 21.6. The molecule has 2 amide bonds. The molecule has 0 saturated carbocycles. The van der Waals surface area contributed by atoms with Crippen molar-refractivity contribution in [2.75, 3.05) is 13.7 Å². The SMILES string of the molecule is COc1ccc2[nH]cc(CCN3C(=O)C(C(C)C)Oc4ccc(Cl)cc4C3C(=O)NC(C)(C)C)c2c1. The summed E-state index contributed by atoms with van der Waals surface area (Å²) in [6, 6.07) is 10.2. The third kappa shape index (κ3) is 5.31. The van der Waals surface area contributed by atoms with Gasteiger partial charge in [0.05, 0.1) is 7.11 Å². The second-order valence-electron chi connectivity index (χ2n) is 10.6. The van der Waals surface area contributed by atoms with Crippen LogP contribution >= 0.6 is 11.6 Å². The molecular formula is C28H34ClN3O4. The number of hydrogen-bond donors (Lipinski definition) is 2.